The fourth-order valence-electron chi connectivity index (χ4n) is 3.71. The Kier molecular flexibility index (Phi) is 7.63. The van der Waals surface area contributed by atoms with E-state index in [2.05, 4.69) is 35.9 Å². The lowest BCUT2D eigenvalue weighted by molar-refractivity contribution is 0.127. The van der Waals surface area contributed by atoms with Crippen molar-refractivity contribution < 1.29 is 4.79 Å². The summed E-state index contributed by atoms with van der Waals surface area (Å²) in [5, 5.41) is 3.12. The van der Waals surface area contributed by atoms with Gasteiger partial charge in [-0.2, -0.15) is 0 Å². The lowest BCUT2D eigenvalue weighted by Crippen LogP contribution is -2.50. The van der Waals surface area contributed by atoms with Crippen LogP contribution in [0.5, 0.6) is 0 Å². The fraction of sp³-hybridized carbons (Fsp3) is 0.944. The van der Waals surface area contributed by atoms with E-state index < -0.39 is 0 Å². The van der Waals surface area contributed by atoms with Crippen LogP contribution in [0.25, 0.3) is 0 Å². The number of carbonyl (C=O) groups excluding carboxylic acids is 1. The molecule has 0 saturated carbocycles. The normalized spacial score (nSPS) is 27.2. The Morgan fingerprint density at radius 1 is 1.04 bits per heavy atom. The molecule has 2 heterocycles. The van der Waals surface area contributed by atoms with Gasteiger partial charge in [-0.05, 0) is 51.6 Å². The minimum absolute atomic E-state index is 0.139. The van der Waals surface area contributed by atoms with E-state index in [0.717, 1.165) is 25.9 Å². The van der Waals surface area contributed by atoms with Crippen molar-refractivity contribution in [2.45, 2.75) is 52.5 Å². The lowest BCUT2D eigenvalue weighted by Gasteiger charge is -2.37. The van der Waals surface area contributed by atoms with Gasteiger partial charge in [0.25, 0.3) is 0 Å². The van der Waals surface area contributed by atoms with Crippen molar-refractivity contribution in [2.75, 3.05) is 52.4 Å². The van der Waals surface area contributed by atoms with E-state index in [1.807, 2.05) is 4.90 Å². The predicted octanol–water partition coefficient (Wildman–Crippen LogP) is 2.23. The molecule has 2 amide bonds. The zero-order valence-electron chi connectivity index (χ0n) is 15.4. The van der Waals surface area contributed by atoms with Crippen molar-refractivity contribution in [1.29, 1.82) is 0 Å². The van der Waals surface area contributed by atoms with Crippen LogP contribution >= 0.6 is 0 Å². The number of nitrogens with one attached hydrogen (secondary N) is 1. The van der Waals surface area contributed by atoms with Crippen LogP contribution in [-0.4, -0.2) is 79.1 Å². The highest BCUT2D eigenvalue weighted by molar-refractivity contribution is 5.74. The molecule has 0 bridgehead atoms. The molecule has 0 aliphatic carbocycles. The number of rotatable bonds is 6. The fourth-order valence-corrected chi connectivity index (χ4v) is 3.71. The molecule has 2 saturated heterocycles. The molecule has 2 aliphatic heterocycles. The Morgan fingerprint density at radius 3 is 2.43 bits per heavy atom. The molecular weight excluding hydrogens is 288 g/mol. The molecule has 2 rings (SSSR count). The average Bonchev–Trinajstić information content (AvgIpc) is 2.57. The van der Waals surface area contributed by atoms with Crippen LogP contribution in [0.4, 0.5) is 4.79 Å². The van der Waals surface area contributed by atoms with Crippen LogP contribution in [0.2, 0.25) is 0 Å². The molecule has 5 heteroatoms. The first-order valence-corrected chi connectivity index (χ1v) is 9.61. The van der Waals surface area contributed by atoms with E-state index in [1.165, 1.54) is 52.1 Å². The second-order valence-electron chi connectivity index (χ2n) is 7.27. The van der Waals surface area contributed by atoms with E-state index in [0.29, 0.717) is 12.0 Å². The van der Waals surface area contributed by atoms with E-state index in [4.69, 9.17) is 0 Å². The maximum absolute atomic E-state index is 12.3. The molecule has 0 unspecified atom stereocenters. The van der Waals surface area contributed by atoms with Crippen LogP contribution in [-0.2, 0) is 0 Å². The van der Waals surface area contributed by atoms with Gasteiger partial charge in [0.2, 0.25) is 0 Å². The number of nitrogens with zero attached hydrogens (tertiary/aromatic N) is 3. The summed E-state index contributed by atoms with van der Waals surface area (Å²) < 4.78 is 0. The number of piperazine rings is 1. The van der Waals surface area contributed by atoms with Gasteiger partial charge >= 0.3 is 6.03 Å². The zero-order valence-corrected chi connectivity index (χ0v) is 15.4. The third-order valence-corrected chi connectivity index (χ3v) is 5.72. The maximum atomic E-state index is 12.3. The second kappa shape index (κ2) is 9.48. The molecule has 23 heavy (non-hydrogen) atoms. The van der Waals surface area contributed by atoms with E-state index in [9.17, 15) is 4.79 Å². The molecule has 1 N–H and O–H groups in total. The molecule has 0 aromatic rings. The number of carbonyl (C=O) groups is 1. The SMILES string of the molecule is CCN1CCN(CCCCNC(=O)N2CCC[C@@H](C)[C@@H]2C)CC1. The molecule has 2 aliphatic rings. The highest BCUT2D eigenvalue weighted by Crippen LogP contribution is 2.22. The highest BCUT2D eigenvalue weighted by Gasteiger charge is 2.27. The largest absolute Gasteiger partial charge is 0.338 e. The average molecular weight is 325 g/mol. The number of likely N-dealkylation sites (tertiary alicyclic amines) is 1. The molecule has 0 radical (unpaired) electrons. The van der Waals surface area contributed by atoms with Gasteiger partial charge < -0.3 is 20.0 Å². The first-order chi connectivity index (χ1) is 11.1. The summed E-state index contributed by atoms with van der Waals surface area (Å²) in [4.78, 5) is 19.4. The van der Waals surface area contributed by atoms with Crippen molar-refractivity contribution in [1.82, 2.24) is 20.0 Å². The smallest absolute Gasteiger partial charge is 0.317 e. The maximum Gasteiger partial charge on any atom is 0.317 e. The van der Waals surface area contributed by atoms with Crippen LogP contribution in [0.3, 0.4) is 0 Å². The molecule has 2 atom stereocenters. The van der Waals surface area contributed by atoms with Gasteiger partial charge in [0.05, 0.1) is 0 Å². The number of unbranched alkanes of at least 4 members (excludes halogenated alkanes) is 1. The number of urea groups is 1. The molecule has 5 nitrogen and oxygen atoms in total. The summed E-state index contributed by atoms with van der Waals surface area (Å²) in [6, 6.07) is 0.513. The minimum Gasteiger partial charge on any atom is -0.338 e. The summed E-state index contributed by atoms with van der Waals surface area (Å²) >= 11 is 0. The summed E-state index contributed by atoms with van der Waals surface area (Å²) in [5.41, 5.74) is 0. The highest BCUT2D eigenvalue weighted by atomic mass is 16.2. The standard InChI is InChI=1S/C18H36N4O/c1-4-20-12-14-21(15-13-20)10-6-5-9-19-18(23)22-11-7-8-16(2)17(22)3/h16-17H,4-15H2,1-3H3,(H,19,23)/t16-,17+/m1/s1. The van der Waals surface area contributed by atoms with Gasteiger partial charge in [-0.1, -0.05) is 13.8 Å². The molecule has 0 aromatic heterocycles. The van der Waals surface area contributed by atoms with Gasteiger partial charge in [0.15, 0.2) is 0 Å². The molecule has 0 aromatic carbocycles. The van der Waals surface area contributed by atoms with Crippen LogP contribution < -0.4 is 5.32 Å². The van der Waals surface area contributed by atoms with Gasteiger partial charge in [0, 0.05) is 45.3 Å². The number of hydrogen-bond donors (Lipinski definition) is 1. The van der Waals surface area contributed by atoms with Crippen molar-refractivity contribution in [3.05, 3.63) is 0 Å². The number of hydrogen-bond acceptors (Lipinski definition) is 3. The van der Waals surface area contributed by atoms with Gasteiger partial charge in [-0.3, -0.25) is 0 Å². The van der Waals surface area contributed by atoms with Crippen LogP contribution in [0, 0.1) is 5.92 Å². The Morgan fingerprint density at radius 2 is 1.74 bits per heavy atom. The minimum atomic E-state index is 0.139. The van der Waals surface area contributed by atoms with Crippen molar-refractivity contribution in [3.63, 3.8) is 0 Å². The topological polar surface area (TPSA) is 38.8 Å². The zero-order chi connectivity index (χ0) is 16.7. The van der Waals surface area contributed by atoms with Gasteiger partial charge in [0.1, 0.15) is 0 Å². The second-order valence-corrected chi connectivity index (χ2v) is 7.27. The molecule has 0 spiro atoms. The Labute approximate surface area is 142 Å². The third-order valence-electron chi connectivity index (χ3n) is 5.72. The van der Waals surface area contributed by atoms with Gasteiger partial charge in [-0.15, -0.1) is 0 Å². The Hall–Kier alpha value is -0.810. The quantitative estimate of drug-likeness (QED) is 0.762. The molecular formula is C18H36N4O. The Bertz CT molecular complexity index is 355. The summed E-state index contributed by atoms with van der Waals surface area (Å²) in [7, 11) is 0. The number of amides is 2. The summed E-state index contributed by atoms with van der Waals surface area (Å²) in [6.45, 7) is 15.6. The van der Waals surface area contributed by atoms with E-state index in [1.54, 1.807) is 0 Å². The van der Waals surface area contributed by atoms with Crippen molar-refractivity contribution in [3.8, 4) is 0 Å². The van der Waals surface area contributed by atoms with Gasteiger partial charge in [-0.25, -0.2) is 4.79 Å². The number of likely N-dealkylation sites (N-methyl/N-ethyl adjacent to an activating group) is 1. The first-order valence-electron chi connectivity index (χ1n) is 9.61. The summed E-state index contributed by atoms with van der Waals surface area (Å²) in [6.07, 6.45) is 4.65. The van der Waals surface area contributed by atoms with Crippen molar-refractivity contribution in [2.24, 2.45) is 5.92 Å². The van der Waals surface area contributed by atoms with Crippen LogP contribution in [0.15, 0.2) is 0 Å². The molecule has 2 fully saturated rings. The van der Waals surface area contributed by atoms with Crippen LogP contribution in [0.1, 0.15) is 46.5 Å². The lowest BCUT2D eigenvalue weighted by atomic mass is 9.92. The van der Waals surface area contributed by atoms with Crippen molar-refractivity contribution >= 4 is 6.03 Å². The number of piperidine rings is 1. The first kappa shape index (κ1) is 18.5. The summed E-state index contributed by atoms with van der Waals surface area (Å²) in [5.74, 6) is 0.622. The molecule has 134 valence electrons. The van der Waals surface area contributed by atoms with E-state index in [-0.39, 0.29) is 6.03 Å². The predicted molar refractivity (Wildman–Crippen MR) is 95.8 cm³/mol. The third kappa shape index (κ3) is 5.64. The monoisotopic (exact) mass is 324 g/mol. The Balaban J connectivity index is 1.54. The van der Waals surface area contributed by atoms with E-state index >= 15 is 0 Å².